The van der Waals surface area contributed by atoms with Gasteiger partial charge in [-0.15, -0.1) is 0 Å². The van der Waals surface area contributed by atoms with Crippen LogP contribution < -0.4 is 5.32 Å². The van der Waals surface area contributed by atoms with Crippen molar-refractivity contribution < 1.29 is 4.39 Å². The Balaban J connectivity index is 1.77. The summed E-state index contributed by atoms with van der Waals surface area (Å²) in [7, 11) is 0. The van der Waals surface area contributed by atoms with Gasteiger partial charge in [-0.1, -0.05) is 12.1 Å². The molecule has 20 heavy (non-hydrogen) atoms. The molecule has 1 aliphatic carbocycles. The van der Waals surface area contributed by atoms with Gasteiger partial charge >= 0.3 is 0 Å². The first-order chi connectivity index (χ1) is 9.63. The molecule has 0 saturated heterocycles. The van der Waals surface area contributed by atoms with Crippen molar-refractivity contribution in [3.8, 4) is 0 Å². The standard InChI is InChI=1S/C16H20FN3/c1-11-16(9-18-15-6-7-15)12(2)20(19-11)10-13-4-3-5-14(17)8-13/h3-5,8,15,18H,6-7,9-10H2,1-2H3. The number of rotatable bonds is 5. The van der Waals surface area contributed by atoms with Crippen molar-refractivity contribution in [3.05, 3.63) is 52.6 Å². The minimum Gasteiger partial charge on any atom is -0.310 e. The van der Waals surface area contributed by atoms with Gasteiger partial charge in [0.25, 0.3) is 0 Å². The predicted molar refractivity (Wildman–Crippen MR) is 77.1 cm³/mol. The summed E-state index contributed by atoms with van der Waals surface area (Å²) in [6.07, 6.45) is 2.57. The normalized spacial score (nSPS) is 14.8. The van der Waals surface area contributed by atoms with E-state index in [4.69, 9.17) is 0 Å². The number of hydrogen-bond acceptors (Lipinski definition) is 2. The number of aromatic nitrogens is 2. The molecule has 1 fully saturated rings. The molecule has 0 amide bonds. The zero-order valence-electron chi connectivity index (χ0n) is 12.0. The predicted octanol–water partition coefficient (Wildman–Crippen LogP) is 2.94. The molecule has 0 aliphatic heterocycles. The highest BCUT2D eigenvalue weighted by Crippen LogP contribution is 2.21. The van der Waals surface area contributed by atoms with E-state index in [2.05, 4.69) is 17.3 Å². The van der Waals surface area contributed by atoms with Gasteiger partial charge in [0.05, 0.1) is 12.2 Å². The molecule has 0 spiro atoms. The summed E-state index contributed by atoms with van der Waals surface area (Å²) in [6, 6.07) is 7.40. The van der Waals surface area contributed by atoms with Crippen LogP contribution in [0.4, 0.5) is 4.39 Å². The van der Waals surface area contributed by atoms with Crippen LogP contribution in [0.15, 0.2) is 24.3 Å². The number of halogens is 1. The van der Waals surface area contributed by atoms with Crippen LogP contribution in [0.3, 0.4) is 0 Å². The molecule has 1 aromatic carbocycles. The van der Waals surface area contributed by atoms with Gasteiger partial charge in [-0.25, -0.2) is 4.39 Å². The molecule has 0 radical (unpaired) electrons. The molecular weight excluding hydrogens is 253 g/mol. The van der Waals surface area contributed by atoms with E-state index in [9.17, 15) is 4.39 Å². The van der Waals surface area contributed by atoms with E-state index in [1.54, 1.807) is 12.1 Å². The first-order valence-corrected chi connectivity index (χ1v) is 7.14. The highest BCUT2D eigenvalue weighted by atomic mass is 19.1. The van der Waals surface area contributed by atoms with E-state index in [1.165, 1.54) is 30.2 Å². The number of nitrogens with zero attached hydrogens (tertiary/aromatic N) is 2. The van der Waals surface area contributed by atoms with Crippen molar-refractivity contribution in [3.63, 3.8) is 0 Å². The van der Waals surface area contributed by atoms with E-state index in [0.29, 0.717) is 12.6 Å². The van der Waals surface area contributed by atoms with Crippen LogP contribution >= 0.6 is 0 Å². The summed E-state index contributed by atoms with van der Waals surface area (Å²) >= 11 is 0. The second-order valence-electron chi connectivity index (χ2n) is 5.59. The molecule has 106 valence electrons. The molecule has 0 unspecified atom stereocenters. The smallest absolute Gasteiger partial charge is 0.123 e. The van der Waals surface area contributed by atoms with Gasteiger partial charge in [0, 0.05) is 23.8 Å². The third-order valence-electron chi connectivity index (χ3n) is 3.90. The summed E-state index contributed by atoms with van der Waals surface area (Å²) in [5, 5.41) is 8.12. The summed E-state index contributed by atoms with van der Waals surface area (Å²) < 4.78 is 15.2. The third kappa shape index (κ3) is 2.90. The monoisotopic (exact) mass is 273 g/mol. The number of aryl methyl sites for hydroxylation is 1. The molecule has 1 aliphatic rings. The van der Waals surface area contributed by atoms with E-state index in [1.807, 2.05) is 17.7 Å². The molecule has 1 N–H and O–H groups in total. The fourth-order valence-corrected chi connectivity index (χ4v) is 2.49. The highest BCUT2D eigenvalue weighted by molar-refractivity contribution is 5.26. The molecule has 3 nitrogen and oxygen atoms in total. The van der Waals surface area contributed by atoms with Crippen molar-refractivity contribution >= 4 is 0 Å². The van der Waals surface area contributed by atoms with Crippen molar-refractivity contribution in [1.29, 1.82) is 0 Å². The lowest BCUT2D eigenvalue weighted by molar-refractivity contribution is 0.615. The van der Waals surface area contributed by atoms with Gasteiger partial charge in [0.2, 0.25) is 0 Å². The van der Waals surface area contributed by atoms with Gasteiger partial charge in [-0.05, 0) is 44.4 Å². The summed E-state index contributed by atoms with van der Waals surface area (Å²) in [5.74, 6) is -0.195. The molecule has 1 aromatic heterocycles. The molecule has 0 atom stereocenters. The maximum Gasteiger partial charge on any atom is 0.123 e. The third-order valence-corrected chi connectivity index (χ3v) is 3.90. The van der Waals surface area contributed by atoms with E-state index in [0.717, 1.165) is 17.8 Å². The van der Waals surface area contributed by atoms with Gasteiger partial charge in [-0.2, -0.15) is 5.10 Å². The average molecular weight is 273 g/mol. The lowest BCUT2D eigenvalue weighted by atomic mass is 10.2. The molecular formula is C16H20FN3. The van der Waals surface area contributed by atoms with Crippen LogP contribution in [0.5, 0.6) is 0 Å². The van der Waals surface area contributed by atoms with Crippen LogP contribution in [0.25, 0.3) is 0 Å². The Kier molecular flexibility index (Phi) is 3.57. The zero-order valence-corrected chi connectivity index (χ0v) is 12.0. The Morgan fingerprint density at radius 2 is 2.15 bits per heavy atom. The molecule has 1 saturated carbocycles. The van der Waals surface area contributed by atoms with E-state index in [-0.39, 0.29) is 5.82 Å². The maximum absolute atomic E-state index is 13.2. The van der Waals surface area contributed by atoms with Crippen LogP contribution in [-0.2, 0) is 13.1 Å². The van der Waals surface area contributed by atoms with Crippen molar-refractivity contribution in [2.24, 2.45) is 0 Å². The maximum atomic E-state index is 13.2. The van der Waals surface area contributed by atoms with Crippen molar-refractivity contribution in [2.45, 2.75) is 45.8 Å². The van der Waals surface area contributed by atoms with Gasteiger partial charge < -0.3 is 5.32 Å². The Morgan fingerprint density at radius 1 is 1.35 bits per heavy atom. The van der Waals surface area contributed by atoms with Crippen LogP contribution in [0.2, 0.25) is 0 Å². The number of hydrogen-bond donors (Lipinski definition) is 1. The Morgan fingerprint density at radius 3 is 2.85 bits per heavy atom. The first kappa shape index (κ1) is 13.3. The first-order valence-electron chi connectivity index (χ1n) is 7.14. The number of benzene rings is 1. The molecule has 2 aromatic rings. The SMILES string of the molecule is Cc1nn(Cc2cccc(F)c2)c(C)c1CNC1CC1. The van der Waals surface area contributed by atoms with Gasteiger partial charge in [0.1, 0.15) is 5.82 Å². The Bertz CT molecular complexity index is 614. The van der Waals surface area contributed by atoms with Crippen LogP contribution in [0, 0.1) is 19.7 Å². The molecule has 1 heterocycles. The van der Waals surface area contributed by atoms with Gasteiger partial charge in [-0.3, -0.25) is 4.68 Å². The lowest BCUT2D eigenvalue weighted by Crippen LogP contribution is -2.16. The lowest BCUT2D eigenvalue weighted by Gasteiger charge is -2.06. The van der Waals surface area contributed by atoms with Crippen molar-refractivity contribution in [1.82, 2.24) is 15.1 Å². The average Bonchev–Trinajstić information content (AvgIpc) is 3.18. The fraction of sp³-hybridized carbons (Fsp3) is 0.438. The molecule has 0 bridgehead atoms. The Hall–Kier alpha value is -1.68. The molecule has 3 rings (SSSR count). The molecule has 4 heteroatoms. The van der Waals surface area contributed by atoms with Gasteiger partial charge in [0.15, 0.2) is 0 Å². The van der Waals surface area contributed by atoms with E-state index >= 15 is 0 Å². The second kappa shape index (κ2) is 5.37. The summed E-state index contributed by atoms with van der Waals surface area (Å²) in [5.41, 5.74) is 4.44. The number of nitrogens with one attached hydrogen (secondary N) is 1. The summed E-state index contributed by atoms with van der Waals surface area (Å²) in [6.45, 7) is 5.63. The second-order valence-corrected chi connectivity index (χ2v) is 5.59. The minimum absolute atomic E-state index is 0.195. The van der Waals surface area contributed by atoms with Crippen LogP contribution in [0.1, 0.15) is 35.4 Å². The largest absolute Gasteiger partial charge is 0.310 e. The quantitative estimate of drug-likeness (QED) is 0.907. The summed E-state index contributed by atoms with van der Waals surface area (Å²) in [4.78, 5) is 0. The minimum atomic E-state index is -0.195. The van der Waals surface area contributed by atoms with E-state index < -0.39 is 0 Å². The Labute approximate surface area is 118 Å². The zero-order chi connectivity index (χ0) is 14.1. The van der Waals surface area contributed by atoms with Crippen LogP contribution in [-0.4, -0.2) is 15.8 Å². The topological polar surface area (TPSA) is 29.9 Å². The highest BCUT2D eigenvalue weighted by Gasteiger charge is 2.21. The fourth-order valence-electron chi connectivity index (χ4n) is 2.49. The van der Waals surface area contributed by atoms with Crippen molar-refractivity contribution in [2.75, 3.05) is 0 Å².